The SMILES string of the molecule is Cc1cc(N(CCC#N)CCC#N)ccc1/C=C1N=C(/C=C\c2ccccc2)OC\1=O. The van der Waals surface area contributed by atoms with E-state index in [1.54, 1.807) is 12.2 Å². The van der Waals surface area contributed by atoms with E-state index in [1.807, 2.05) is 66.4 Å². The van der Waals surface area contributed by atoms with Gasteiger partial charge in [0.2, 0.25) is 5.90 Å². The quantitative estimate of drug-likeness (QED) is 0.467. The normalized spacial score (nSPS) is 14.2. The van der Waals surface area contributed by atoms with Gasteiger partial charge in [-0.25, -0.2) is 9.79 Å². The number of aryl methyl sites for hydroxylation is 1. The molecule has 0 atom stereocenters. The molecule has 0 bridgehead atoms. The van der Waals surface area contributed by atoms with Crippen molar-refractivity contribution in [3.63, 3.8) is 0 Å². The number of ether oxygens (including phenoxy) is 1. The van der Waals surface area contributed by atoms with Crippen molar-refractivity contribution < 1.29 is 9.53 Å². The predicted octanol–water partition coefficient (Wildman–Crippen LogP) is 4.64. The van der Waals surface area contributed by atoms with Gasteiger partial charge < -0.3 is 9.64 Å². The number of cyclic esters (lactones) is 1. The van der Waals surface area contributed by atoms with Crippen molar-refractivity contribution in [2.45, 2.75) is 19.8 Å². The molecule has 0 aromatic heterocycles. The number of esters is 1. The van der Waals surface area contributed by atoms with Gasteiger partial charge in [-0.05, 0) is 47.9 Å². The molecule has 0 spiro atoms. The van der Waals surface area contributed by atoms with Gasteiger partial charge in [-0.2, -0.15) is 10.5 Å². The maximum Gasteiger partial charge on any atom is 0.363 e. The molecule has 0 fully saturated rings. The number of carbonyl (C=O) groups is 1. The lowest BCUT2D eigenvalue weighted by molar-refractivity contribution is -0.129. The molecule has 3 rings (SSSR count). The van der Waals surface area contributed by atoms with Crippen molar-refractivity contribution >= 4 is 29.7 Å². The Bertz CT molecular complexity index is 1100. The highest BCUT2D eigenvalue weighted by atomic mass is 16.6. The Hall–Kier alpha value is -4.16. The van der Waals surface area contributed by atoms with Gasteiger partial charge in [-0.1, -0.05) is 36.4 Å². The highest BCUT2D eigenvalue weighted by Gasteiger charge is 2.21. The van der Waals surface area contributed by atoms with Crippen LogP contribution in [0.25, 0.3) is 12.2 Å². The molecule has 1 heterocycles. The first-order valence-electron chi connectivity index (χ1n) is 9.96. The molecular weight excluding hydrogens is 388 g/mol. The number of hydrogen-bond acceptors (Lipinski definition) is 6. The standard InChI is InChI=1S/C25H22N4O2/c1-19-17-22(29(15-5-13-26)16-6-14-27)11-10-21(19)18-23-25(30)31-24(28-23)12-9-20-7-3-2-4-8-20/h2-4,7-12,17-18H,5-6,15-16H2,1H3/b12-9-,23-18-. The first-order chi connectivity index (χ1) is 15.1. The Morgan fingerprint density at radius 2 is 1.74 bits per heavy atom. The fraction of sp³-hybridized carbons (Fsp3) is 0.200. The van der Waals surface area contributed by atoms with E-state index in [9.17, 15) is 4.79 Å². The number of aliphatic imine (C=N–C) groups is 1. The summed E-state index contributed by atoms with van der Waals surface area (Å²) in [7, 11) is 0. The van der Waals surface area contributed by atoms with E-state index in [0.717, 1.165) is 22.4 Å². The number of hydrogen-bond donors (Lipinski definition) is 0. The Balaban J connectivity index is 1.78. The van der Waals surface area contributed by atoms with Crippen molar-refractivity contribution in [1.82, 2.24) is 0 Å². The van der Waals surface area contributed by atoms with Gasteiger partial charge in [0.05, 0.1) is 25.0 Å². The van der Waals surface area contributed by atoms with Crippen LogP contribution in [0.5, 0.6) is 0 Å². The summed E-state index contributed by atoms with van der Waals surface area (Å²) in [6.07, 6.45) is 5.99. The molecule has 154 valence electrons. The highest BCUT2D eigenvalue weighted by Crippen LogP contribution is 2.24. The third-order valence-corrected chi connectivity index (χ3v) is 4.75. The van der Waals surface area contributed by atoms with Crippen LogP contribution in [0.3, 0.4) is 0 Å². The Labute approximate surface area is 182 Å². The minimum Gasteiger partial charge on any atom is -0.403 e. The van der Waals surface area contributed by atoms with Crippen LogP contribution in [0.1, 0.15) is 29.5 Å². The van der Waals surface area contributed by atoms with Crippen molar-refractivity contribution in [2.24, 2.45) is 4.99 Å². The fourth-order valence-electron chi connectivity index (χ4n) is 3.13. The average Bonchev–Trinajstić information content (AvgIpc) is 3.14. The van der Waals surface area contributed by atoms with E-state index in [1.165, 1.54) is 0 Å². The van der Waals surface area contributed by atoms with Gasteiger partial charge in [0.25, 0.3) is 0 Å². The van der Waals surface area contributed by atoms with Crippen molar-refractivity contribution in [1.29, 1.82) is 10.5 Å². The third kappa shape index (κ3) is 5.91. The fourth-order valence-corrected chi connectivity index (χ4v) is 3.13. The molecular formula is C25H22N4O2. The summed E-state index contributed by atoms with van der Waals surface area (Å²) in [5.74, 6) is -0.227. The largest absolute Gasteiger partial charge is 0.403 e. The summed E-state index contributed by atoms with van der Waals surface area (Å²) in [5, 5.41) is 17.8. The molecule has 31 heavy (non-hydrogen) atoms. The molecule has 0 radical (unpaired) electrons. The Kier molecular flexibility index (Phi) is 7.35. The molecule has 2 aromatic carbocycles. The van der Waals surface area contributed by atoms with Gasteiger partial charge in [0, 0.05) is 24.9 Å². The lowest BCUT2D eigenvalue weighted by Crippen LogP contribution is -2.25. The number of benzene rings is 2. The smallest absolute Gasteiger partial charge is 0.363 e. The van der Waals surface area contributed by atoms with Gasteiger partial charge in [0.15, 0.2) is 5.70 Å². The highest BCUT2D eigenvalue weighted by molar-refractivity contribution is 6.11. The zero-order valence-electron chi connectivity index (χ0n) is 17.3. The molecule has 0 aliphatic carbocycles. The summed E-state index contributed by atoms with van der Waals surface area (Å²) in [4.78, 5) is 18.5. The van der Waals surface area contributed by atoms with Crippen LogP contribution in [0.2, 0.25) is 0 Å². The minimum atomic E-state index is -0.485. The van der Waals surface area contributed by atoms with E-state index >= 15 is 0 Å². The molecule has 0 saturated heterocycles. The lowest BCUT2D eigenvalue weighted by Gasteiger charge is -2.23. The van der Waals surface area contributed by atoms with E-state index < -0.39 is 5.97 Å². The van der Waals surface area contributed by atoms with Crippen LogP contribution in [-0.2, 0) is 9.53 Å². The summed E-state index contributed by atoms with van der Waals surface area (Å²) >= 11 is 0. The van der Waals surface area contributed by atoms with Gasteiger partial charge in [-0.15, -0.1) is 0 Å². The van der Waals surface area contributed by atoms with Crippen LogP contribution >= 0.6 is 0 Å². The Morgan fingerprint density at radius 3 is 2.39 bits per heavy atom. The van der Waals surface area contributed by atoms with E-state index in [0.29, 0.717) is 25.9 Å². The summed E-state index contributed by atoms with van der Waals surface area (Å²) < 4.78 is 5.24. The number of nitriles is 2. The maximum atomic E-state index is 12.2. The first-order valence-corrected chi connectivity index (χ1v) is 9.96. The van der Waals surface area contributed by atoms with Crippen molar-refractivity contribution in [2.75, 3.05) is 18.0 Å². The number of rotatable bonds is 8. The molecule has 2 aromatic rings. The molecule has 6 nitrogen and oxygen atoms in total. The van der Waals surface area contributed by atoms with E-state index in [4.69, 9.17) is 15.3 Å². The number of nitrogens with zero attached hydrogens (tertiary/aromatic N) is 4. The van der Waals surface area contributed by atoms with Gasteiger partial charge >= 0.3 is 5.97 Å². The molecule has 6 heteroatoms. The molecule has 0 saturated carbocycles. The third-order valence-electron chi connectivity index (χ3n) is 4.75. The van der Waals surface area contributed by atoms with Crippen LogP contribution < -0.4 is 4.90 Å². The second-order valence-electron chi connectivity index (χ2n) is 6.96. The number of carbonyl (C=O) groups excluding carboxylic acids is 1. The summed E-state index contributed by atoms with van der Waals surface area (Å²) in [6.45, 7) is 3.07. The zero-order valence-corrected chi connectivity index (χ0v) is 17.3. The lowest BCUT2D eigenvalue weighted by atomic mass is 10.1. The minimum absolute atomic E-state index is 0.245. The molecule has 0 N–H and O–H groups in total. The van der Waals surface area contributed by atoms with E-state index in [-0.39, 0.29) is 11.6 Å². The molecule has 1 aliphatic heterocycles. The van der Waals surface area contributed by atoms with E-state index in [2.05, 4.69) is 17.1 Å². The molecule has 1 aliphatic rings. The van der Waals surface area contributed by atoms with Gasteiger partial charge in [-0.3, -0.25) is 0 Å². The maximum absolute atomic E-state index is 12.2. The Morgan fingerprint density at radius 1 is 1.03 bits per heavy atom. The van der Waals surface area contributed by atoms with Crippen molar-refractivity contribution in [3.05, 3.63) is 77.0 Å². The monoisotopic (exact) mass is 410 g/mol. The first kappa shape index (κ1) is 21.5. The second kappa shape index (κ2) is 10.6. The molecule has 0 unspecified atom stereocenters. The van der Waals surface area contributed by atoms with Crippen LogP contribution in [-0.4, -0.2) is 25.0 Å². The van der Waals surface area contributed by atoms with Crippen LogP contribution in [0, 0.1) is 29.6 Å². The predicted molar refractivity (Wildman–Crippen MR) is 121 cm³/mol. The van der Waals surface area contributed by atoms with Crippen LogP contribution in [0.15, 0.2) is 65.3 Å². The average molecular weight is 410 g/mol. The van der Waals surface area contributed by atoms with Crippen molar-refractivity contribution in [3.8, 4) is 12.1 Å². The summed E-state index contributed by atoms with van der Waals surface area (Å²) in [5.41, 5.74) is 3.99. The summed E-state index contributed by atoms with van der Waals surface area (Å²) in [6, 6.07) is 19.8. The topological polar surface area (TPSA) is 89.5 Å². The van der Waals surface area contributed by atoms with Gasteiger partial charge in [0.1, 0.15) is 0 Å². The molecule has 0 amide bonds. The van der Waals surface area contributed by atoms with Crippen LogP contribution in [0.4, 0.5) is 5.69 Å². The zero-order chi connectivity index (χ0) is 22.1. The number of anilines is 1. The second-order valence-corrected chi connectivity index (χ2v) is 6.96.